The van der Waals surface area contributed by atoms with Crippen molar-refractivity contribution in [3.63, 3.8) is 0 Å². The summed E-state index contributed by atoms with van der Waals surface area (Å²) in [6.45, 7) is 5.69. The van der Waals surface area contributed by atoms with Crippen LogP contribution in [0.5, 0.6) is 5.75 Å². The van der Waals surface area contributed by atoms with Gasteiger partial charge in [0.05, 0.1) is 12.4 Å². The van der Waals surface area contributed by atoms with Gasteiger partial charge in [0.25, 0.3) is 0 Å². The quantitative estimate of drug-likeness (QED) is 0.524. The molecule has 2 aromatic heterocycles. The average Bonchev–Trinajstić information content (AvgIpc) is 3.23. The first kappa shape index (κ1) is 21.4. The second-order valence-electron chi connectivity index (χ2n) is 6.92. The van der Waals surface area contributed by atoms with E-state index in [2.05, 4.69) is 15.3 Å². The Labute approximate surface area is 175 Å². The molecule has 30 heavy (non-hydrogen) atoms. The molecule has 3 rings (SSSR count). The van der Waals surface area contributed by atoms with Gasteiger partial charge in [-0.2, -0.15) is 0 Å². The first-order valence-electron chi connectivity index (χ1n) is 10.2. The van der Waals surface area contributed by atoms with Gasteiger partial charge < -0.3 is 9.64 Å². The monoisotopic (exact) mass is 411 g/mol. The maximum absolute atomic E-state index is 13.7. The van der Waals surface area contributed by atoms with Gasteiger partial charge in [-0.05, 0) is 55.2 Å². The Balaban J connectivity index is 1.56. The van der Waals surface area contributed by atoms with Crippen molar-refractivity contribution in [2.75, 3.05) is 13.1 Å². The van der Waals surface area contributed by atoms with Gasteiger partial charge in [0.2, 0.25) is 0 Å². The van der Waals surface area contributed by atoms with E-state index in [1.807, 2.05) is 20.0 Å². The predicted molar refractivity (Wildman–Crippen MR) is 112 cm³/mol. The lowest BCUT2D eigenvalue weighted by Crippen LogP contribution is -2.35. The minimum Gasteiger partial charge on any atom is -0.409 e. The van der Waals surface area contributed by atoms with Crippen molar-refractivity contribution in [2.24, 2.45) is 0 Å². The Morgan fingerprint density at radius 2 is 2.10 bits per heavy atom. The highest BCUT2D eigenvalue weighted by Crippen LogP contribution is 2.20. The van der Waals surface area contributed by atoms with Crippen LogP contribution in [-0.2, 0) is 13.0 Å². The van der Waals surface area contributed by atoms with Crippen LogP contribution in [0.25, 0.3) is 11.3 Å². The van der Waals surface area contributed by atoms with E-state index in [9.17, 15) is 9.18 Å². The number of ether oxygens (including phenoxy) is 1. The molecule has 0 aliphatic heterocycles. The maximum Gasteiger partial charge on any atom is 0.415 e. The number of carbonyl (C=O) groups excluding carboxylic acids is 1. The molecule has 8 heteroatoms. The van der Waals surface area contributed by atoms with Crippen LogP contribution in [0.4, 0.5) is 9.18 Å². The lowest BCUT2D eigenvalue weighted by molar-refractivity contribution is 0.150. The molecule has 2 heterocycles. The van der Waals surface area contributed by atoms with Gasteiger partial charge in [0.15, 0.2) is 5.75 Å². The Morgan fingerprint density at radius 1 is 1.23 bits per heavy atom. The van der Waals surface area contributed by atoms with Gasteiger partial charge in [-0.1, -0.05) is 19.1 Å². The van der Waals surface area contributed by atoms with E-state index in [-0.39, 0.29) is 11.9 Å². The molecule has 0 N–H and O–H groups in total. The van der Waals surface area contributed by atoms with Crippen LogP contribution >= 0.6 is 0 Å². The molecule has 0 aliphatic rings. The summed E-state index contributed by atoms with van der Waals surface area (Å²) in [6, 6.07) is 8.40. The number of benzene rings is 1. The summed E-state index contributed by atoms with van der Waals surface area (Å²) in [7, 11) is 0. The third-order valence-corrected chi connectivity index (χ3v) is 4.67. The summed E-state index contributed by atoms with van der Waals surface area (Å²) in [4.78, 5) is 18.1. The van der Waals surface area contributed by atoms with Crippen LogP contribution in [0.2, 0.25) is 0 Å². The molecule has 0 aliphatic carbocycles. The fourth-order valence-corrected chi connectivity index (χ4v) is 3.11. The normalized spacial score (nSPS) is 10.8. The highest BCUT2D eigenvalue weighted by molar-refractivity contribution is 5.70. The number of nitrogens with zero attached hydrogens (tertiary/aromatic N) is 5. The van der Waals surface area contributed by atoms with Gasteiger partial charge >= 0.3 is 6.09 Å². The third kappa shape index (κ3) is 5.62. The fraction of sp³-hybridized carbons (Fsp3) is 0.364. The van der Waals surface area contributed by atoms with Gasteiger partial charge in [-0.15, -0.1) is 5.10 Å². The molecule has 0 radical (unpaired) electrons. The fourth-order valence-electron chi connectivity index (χ4n) is 3.11. The zero-order chi connectivity index (χ0) is 21.3. The molecule has 0 saturated carbocycles. The lowest BCUT2D eigenvalue weighted by atomic mass is 10.1. The summed E-state index contributed by atoms with van der Waals surface area (Å²) in [6.07, 6.45) is 6.75. The minimum absolute atomic E-state index is 0.206. The van der Waals surface area contributed by atoms with Crippen LogP contribution in [0.3, 0.4) is 0 Å². The summed E-state index contributed by atoms with van der Waals surface area (Å²) in [5, 5.41) is 8.35. The number of aromatic nitrogens is 4. The SMILES string of the molecule is CCCN(CCCn1cc(-c2ccc(F)c(CC)c2)nn1)C(=O)Oc1cccnc1. The molecular weight excluding hydrogens is 385 g/mol. The smallest absolute Gasteiger partial charge is 0.409 e. The minimum atomic E-state index is -0.387. The molecule has 0 bridgehead atoms. The summed E-state index contributed by atoms with van der Waals surface area (Å²) in [5.41, 5.74) is 2.20. The number of hydrogen-bond donors (Lipinski definition) is 0. The largest absolute Gasteiger partial charge is 0.415 e. The molecule has 3 aromatic rings. The van der Waals surface area contributed by atoms with E-state index in [0.29, 0.717) is 49.5 Å². The molecule has 1 aromatic carbocycles. The predicted octanol–water partition coefficient (Wildman–Crippen LogP) is 4.34. The molecule has 0 spiro atoms. The van der Waals surface area contributed by atoms with Crippen LogP contribution in [0, 0.1) is 5.82 Å². The number of rotatable bonds is 9. The van der Waals surface area contributed by atoms with E-state index in [4.69, 9.17) is 4.74 Å². The Kier molecular flexibility index (Phi) is 7.48. The Hall–Kier alpha value is -3.29. The molecule has 0 atom stereocenters. The van der Waals surface area contributed by atoms with Gasteiger partial charge in [0, 0.05) is 31.4 Å². The lowest BCUT2D eigenvalue weighted by Gasteiger charge is -2.21. The van der Waals surface area contributed by atoms with Crippen molar-refractivity contribution < 1.29 is 13.9 Å². The average molecular weight is 411 g/mol. The van der Waals surface area contributed by atoms with E-state index in [1.165, 1.54) is 12.3 Å². The number of amides is 1. The van der Waals surface area contributed by atoms with Crippen LogP contribution in [-0.4, -0.2) is 44.1 Å². The maximum atomic E-state index is 13.7. The van der Waals surface area contributed by atoms with Crippen LogP contribution in [0.15, 0.2) is 48.9 Å². The zero-order valence-electron chi connectivity index (χ0n) is 17.3. The van der Waals surface area contributed by atoms with Crippen molar-refractivity contribution in [2.45, 2.75) is 39.7 Å². The van der Waals surface area contributed by atoms with E-state index < -0.39 is 0 Å². The van der Waals surface area contributed by atoms with Crippen molar-refractivity contribution in [3.8, 4) is 17.0 Å². The van der Waals surface area contributed by atoms with Gasteiger partial charge in [0.1, 0.15) is 11.5 Å². The third-order valence-electron chi connectivity index (χ3n) is 4.67. The summed E-state index contributed by atoms with van der Waals surface area (Å²) in [5.74, 6) is 0.220. The first-order valence-corrected chi connectivity index (χ1v) is 10.2. The Bertz CT molecular complexity index is 961. The van der Waals surface area contributed by atoms with Gasteiger partial charge in [-0.25, -0.2) is 9.18 Å². The number of carbonyl (C=O) groups is 1. The second kappa shape index (κ2) is 10.5. The van der Waals surface area contributed by atoms with E-state index >= 15 is 0 Å². The highest BCUT2D eigenvalue weighted by atomic mass is 19.1. The number of pyridine rings is 1. The molecule has 0 fully saturated rings. The molecule has 0 saturated heterocycles. The van der Waals surface area contributed by atoms with E-state index in [1.54, 1.807) is 40.0 Å². The van der Waals surface area contributed by atoms with Crippen molar-refractivity contribution in [1.29, 1.82) is 0 Å². The van der Waals surface area contributed by atoms with Gasteiger partial charge in [-0.3, -0.25) is 9.67 Å². The second-order valence-corrected chi connectivity index (χ2v) is 6.92. The molecule has 0 unspecified atom stereocenters. The number of halogens is 1. The number of aryl methyl sites for hydroxylation is 2. The Morgan fingerprint density at radius 3 is 2.83 bits per heavy atom. The molecule has 1 amide bonds. The highest BCUT2D eigenvalue weighted by Gasteiger charge is 2.15. The number of hydrogen-bond acceptors (Lipinski definition) is 5. The van der Waals surface area contributed by atoms with Crippen LogP contribution < -0.4 is 4.74 Å². The standard InChI is InChI=1S/C22H26FN5O2/c1-3-11-27(22(29)30-19-7-5-10-24-15-19)12-6-13-28-16-21(25-26-28)18-8-9-20(23)17(4-2)14-18/h5,7-10,14-16H,3-4,6,11-13H2,1-2H3. The van der Waals surface area contributed by atoms with E-state index in [0.717, 1.165) is 12.0 Å². The van der Waals surface area contributed by atoms with Crippen molar-refractivity contribution >= 4 is 6.09 Å². The zero-order valence-corrected chi connectivity index (χ0v) is 17.3. The first-order chi connectivity index (χ1) is 14.6. The molecule has 158 valence electrons. The summed E-state index contributed by atoms with van der Waals surface area (Å²) >= 11 is 0. The topological polar surface area (TPSA) is 73.1 Å². The molecule has 7 nitrogen and oxygen atoms in total. The van der Waals surface area contributed by atoms with Crippen LogP contribution in [0.1, 0.15) is 32.3 Å². The summed E-state index contributed by atoms with van der Waals surface area (Å²) < 4.78 is 20.8. The van der Waals surface area contributed by atoms with Crippen molar-refractivity contribution in [1.82, 2.24) is 24.9 Å². The van der Waals surface area contributed by atoms with Crippen molar-refractivity contribution in [3.05, 3.63) is 60.3 Å². The molecular formula is C22H26FN5O2.